The number of benzene rings is 2. The Morgan fingerprint density at radius 3 is 1.86 bits per heavy atom. The Hall–Kier alpha value is -2.54. The molecule has 2 aromatic carbocycles. The summed E-state index contributed by atoms with van der Waals surface area (Å²) in [5, 5.41) is 9.68. The zero-order chi connectivity index (χ0) is 21.9. The molecule has 0 atom stereocenters. The van der Waals surface area contributed by atoms with E-state index in [-0.39, 0.29) is 0 Å². The fraction of sp³-hybridized carbons (Fsp3) is 0.333. The summed E-state index contributed by atoms with van der Waals surface area (Å²) in [5.41, 5.74) is 5.72. The van der Waals surface area contributed by atoms with Crippen LogP contribution in [-0.2, 0) is 6.42 Å². The molecule has 0 saturated carbocycles. The van der Waals surface area contributed by atoms with Gasteiger partial charge < -0.3 is 5.11 Å². The number of phenols is 1. The maximum atomic E-state index is 9.68. The lowest BCUT2D eigenvalue weighted by atomic mass is 10.0. The molecule has 1 nitrogen and oxygen atoms in total. The van der Waals surface area contributed by atoms with Crippen molar-refractivity contribution in [3.8, 4) is 5.75 Å². The van der Waals surface area contributed by atoms with Gasteiger partial charge in [-0.1, -0.05) is 82.3 Å². The quantitative estimate of drug-likeness (QED) is 0.407. The van der Waals surface area contributed by atoms with E-state index in [2.05, 4.69) is 49.6 Å². The first-order valence-corrected chi connectivity index (χ1v) is 10.3. The normalized spacial score (nSPS) is 9.11. The molecule has 1 N–H and O–H groups in total. The van der Waals surface area contributed by atoms with Crippen LogP contribution < -0.4 is 0 Å². The van der Waals surface area contributed by atoms with E-state index in [1.165, 1.54) is 11.1 Å². The topological polar surface area (TPSA) is 20.2 Å². The molecule has 0 bridgehead atoms. The molecule has 0 fully saturated rings. The molecule has 0 radical (unpaired) electrons. The summed E-state index contributed by atoms with van der Waals surface area (Å²) < 4.78 is 0. The predicted molar refractivity (Wildman–Crippen MR) is 130 cm³/mol. The fourth-order valence-corrected chi connectivity index (χ4v) is 2.26. The van der Waals surface area contributed by atoms with Gasteiger partial charge in [-0.3, -0.25) is 0 Å². The van der Waals surface area contributed by atoms with Crippen LogP contribution in [0.25, 0.3) is 12.2 Å². The molecule has 28 heavy (non-hydrogen) atoms. The predicted octanol–water partition coefficient (Wildman–Crippen LogP) is 8.54. The molecule has 0 heterocycles. The Morgan fingerprint density at radius 1 is 0.821 bits per heavy atom. The van der Waals surface area contributed by atoms with Gasteiger partial charge in [-0.05, 0) is 67.5 Å². The second-order valence-corrected chi connectivity index (χ2v) is 5.73. The van der Waals surface area contributed by atoms with Gasteiger partial charge in [-0.15, -0.1) is 13.2 Å². The van der Waals surface area contributed by atoms with Crippen LogP contribution in [0.3, 0.4) is 0 Å². The molecule has 0 saturated heterocycles. The second kappa shape index (κ2) is 17.9. The molecule has 1 heteroatoms. The van der Waals surface area contributed by atoms with Crippen molar-refractivity contribution in [2.45, 2.75) is 61.3 Å². The first-order valence-electron chi connectivity index (χ1n) is 10.3. The van der Waals surface area contributed by atoms with Gasteiger partial charge in [0, 0.05) is 0 Å². The zero-order valence-electron chi connectivity index (χ0n) is 19.0. The molecule has 2 aromatic rings. The van der Waals surface area contributed by atoms with Crippen molar-refractivity contribution in [1.82, 2.24) is 0 Å². The highest BCUT2D eigenvalue weighted by atomic mass is 16.3. The van der Waals surface area contributed by atoms with Gasteiger partial charge in [0.2, 0.25) is 0 Å². The molecular weight excluding hydrogens is 340 g/mol. The molecule has 0 aliphatic rings. The van der Waals surface area contributed by atoms with E-state index >= 15 is 0 Å². The van der Waals surface area contributed by atoms with E-state index in [4.69, 9.17) is 0 Å². The van der Waals surface area contributed by atoms with E-state index in [0.29, 0.717) is 5.75 Å². The van der Waals surface area contributed by atoms with E-state index in [1.807, 2.05) is 60.6 Å². The van der Waals surface area contributed by atoms with Crippen LogP contribution in [0.2, 0.25) is 0 Å². The third-order valence-electron chi connectivity index (χ3n) is 3.87. The third-order valence-corrected chi connectivity index (χ3v) is 3.87. The number of aromatic hydroxyl groups is 1. The largest absolute Gasteiger partial charge is 0.508 e. The van der Waals surface area contributed by atoms with Gasteiger partial charge in [-0.2, -0.15) is 0 Å². The molecule has 2 rings (SSSR count). The minimum absolute atomic E-state index is 0.358. The first kappa shape index (κ1) is 27.7. The molecule has 0 aromatic heterocycles. The minimum Gasteiger partial charge on any atom is -0.508 e. The van der Waals surface area contributed by atoms with Gasteiger partial charge in [0.15, 0.2) is 0 Å². The van der Waals surface area contributed by atoms with E-state index in [1.54, 1.807) is 12.1 Å². The summed E-state index contributed by atoms with van der Waals surface area (Å²) >= 11 is 0. The lowest BCUT2D eigenvalue weighted by Crippen LogP contribution is -1.86. The SMILES string of the molecule is C=CC.C=CCCc1ccc(/C=C/c2ccc(O)c(C)c2C)cc1.CC.CC. The van der Waals surface area contributed by atoms with Crippen molar-refractivity contribution >= 4 is 12.2 Å². The Labute approximate surface area is 174 Å². The van der Waals surface area contributed by atoms with Gasteiger partial charge in [-0.25, -0.2) is 0 Å². The average Bonchev–Trinajstić information content (AvgIpc) is 2.74. The maximum Gasteiger partial charge on any atom is 0.118 e. The van der Waals surface area contributed by atoms with Gasteiger partial charge in [0.25, 0.3) is 0 Å². The van der Waals surface area contributed by atoms with E-state index in [0.717, 1.165) is 29.5 Å². The maximum absolute atomic E-state index is 9.68. The number of phenolic OH excluding ortho intramolecular Hbond substituents is 1. The van der Waals surface area contributed by atoms with Gasteiger partial charge in [0.1, 0.15) is 5.75 Å². The minimum atomic E-state index is 0.358. The Balaban J connectivity index is 0. The molecule has 154 valence electrons. The fourth-order valence-electron chi connectivity index (χ4n) is 2.26. The summed E-state index contributed by atoms with van der Waals surface area (Å²) in [7, 11) is 0. The smallest absolute Gasteiger partial charge is 0.118 e. The summed E-state index contributed by atoms with van der Waals surface area (Å²) in [4.78, 5) is 0. The Kier molecular flexibility index (Phi) is 17.6. The number of aryl methyl sites for hydroxylation is 1. The van der Waals surface area contributed by atoms with Crippen molar-refractivity contribution in [1.29, 1.82) is 0 Å². The number of hydrogen-bond donors (Lipinski definition) is 1. The lowest BCUT2D eigenvalue weighted by molar-refractivity contribution is 0.470. The van der Waals surface area contributed by atoms with Crippen molar-refractivity contribution in [3.63, 3.8) is 0 Å². The summed E-state index contributed by atoms with van der Waals surface area (Å²) in [5.74, 6) is 0.358. The van der Waals surface area contributed by atoms with Crippen molar-refractivity contribution < 1.29 is 5.11 Å². The van der Waals surface area contributed by atoms with Crippen LogP contribution >= 0.6 is 0 Å². The molecule has 0 amide bonds. The molecular formula is C27H40O. The number of rotatable bonds is 5. The second-order valence-electron chi connectivity index (χ2n) is 5.73. The van der Waals surface area contributed by atoms with Crippen LogP contribution in [0.5, 0.6) is 5.75 Å². The van der Waals surface area contributed by atoms with Crippen LogP contribution in [0.4, 0.5) is 0 Å². The van der Waals surface area contributed by atoms with Crippen LogP contribution in [0.1, 0.15) is 68.9 Å². The summed E-state index contributed by atoms with van der Waals surface area (Å²) in [6, 6.07) is 12.3. The zero-order valence-corrected chi connectivity index (χ0v) is 19.0. The highest BCUT2D eigenvalue weighted by Gasteiger charge is 2.02. The Morgan fingerprint density at radius 2 is 1.36 bits per heavy atom. The van der Waals surface area contributed by atoms with Crippen LogP contribution in [-0.4, -0.2) is 5.11 Å². The van der Waals surface area contributed by atoms with E-state index in [9.17, 15) is 5.11 Å². The first-order chi connectivity index (χ1) is 13.5. The van der Waals surface area contributed by atoms with E-state index < -0.39 is 0 Å². The Bertz CT molecular complexity index is 691. The van der Waals surface area contributed by atoms with Gasteiger partial charge >= 0.3 is 0 Å². The molecule has 0 spiro atoms. The van der Waals surface area contributed by atoms with Gasteiger partial charge in [0.05, 0.1) is 0 Å². The van der Waals surface area contributed by atoms with Crippen molar-refractivity contribution in [2.75, 3.05) is 0 Å². The standard InChI is InChI=1S/C20H22O.C3H6.2C2H6/c1-4-5-6-17-7-9-18(10-8-17)11-12-19-13-14-20(21)16(3)15(19)2;1-3-2;2*1-2/h4,7-14,21H,1,5-6H2,2-3H3;3H,1H2,2H3;2*1-2H3/b12-11+;;;. The molecule has 0 unspecified atom stereocenters. The van der Waals surface area contributed by atoms with Crippen molar-refractivity contribution in [3.05, 3.63) is 89.5 Å². The third kappa shape index (κ3) is 10.6. The van der Waals surface area contributed by atoms with Crippen LogP contribution in [0, 0.1) is 13.8 Å². The number of hydrogen-bond acceptors (Lipinski definition) is 1. The monoisotopic (exact) mass is 380 g/mol. The highest BCUT2D eigenvalue weighted by molar-refractivity contribution is 5.72. The molecule has 0 aliphatic carbocycles. The molecule has 0 aliphatic heterocycles. The highest BCUT2D eigenvalue weighted by Crippen LogP contribution is 2.24. The van der Waals surface area contributed by atoms with Crippen LogP contribution in [0.15, 0.2) is 61.7 Å². The lowest BCUT2D eigenvalue weighted by Gasteiger charge is -2.06. The van der Waals surface area contributed by atoms with Crippen molar-refractivity contribution in [2.24, 2.45) is 0 Å². The summed E-state index contributed by atoms with van der Waals surface area (Å²) in [6.45, 7) is 21.0. The summed E-state index contributed by atoms with van der Waals surface area (Å²) in [6.07, 6.45) is 9.96. The average molecular weight is 381 g/mol. The number of allylic oxidation sites excluding steroid dienone is 2.